The molecule has 0 radical (unpaired) electrons. The van der Waals surface area contributed by atoms with Gasteiger partial charge in [-0.1, -0.05) is 71.1 Å². The van der Waals surface area contributed by atoms with Gasteiger partial charge in [0, 0.05) is 58.5 Å². The van der Waals surface area contributed by atoms with Gasteiger partial charge in [0.1, 0.15) is 36.2 Å². The SMILES string of the molecule is CCOC(=O)O[C@@H]1CC[C@@H](C[C@@H](C)[C@@H]2CC(=O)[C@H](C)/C=C(\C)[C@@H](O)[C@@H](OC)C(=O)[C@H](C)C[C@H](C)/C=C/C=C/C=C(\C)[C@@H](OC)C[C@@H]3CC[C@@H](C)[C@@](O)(O3)C(=O)C(=O)N3CCCC[C@H]3C(=O)O2)C[C@H]1OC. The number of esters is 1. The maximum Gasteiger partial charge on any atom is 0.508 e. The lowest BCUT2D eigenvalue weighted by Crippen LogP contribution is -2.61. The summed E-state index contributed by atoms with van der Waals surface area (Å²) in [7, 11) is 4.49. The summed E-state index contributed by atoms with van der Waals surface area (Å²) in [6.45, 7) is 14.5. The number of cyclic esters (lactones) is 1. The summed E-state index contributed by atoms with van der Waals surface area (Å²) >= 11 is 0. The van der Waals surface area contributed by atoms with Crippen LogP contribution in [-0.2, 0) is 57.1 Å². The molecule has 1 saturated carbocycles. The Balaban J connectivity index is 1.69. The predicted molar refractivity (Wildman–Crippen MR) is 261 cm³/mol. The molecule has 3 aliphatic heterocycles. The van der Waals surface area contributed by atoms with Crippen molar-refractivity contribution in [2.75, 3.05) is 34.5 Å². The summed E-state index contributed by atoms with van der Waals surface area (Å²) in [6, 6.07) is -1.17. The molecule has 15 atom stereocenters. The summed E-state index contributed by atoms with van der Waals surface area (Å²) in [5, 5.41) is 23.5. The van der Waals surface area contributed by atoms with E-state index in [-0.39, 0.29) is 49.4 Å². The summed E-state index contributed by atoms with van der Waals surface area (Å²) < 4.78 is 40.2. The average molecular weight is 986 g/mol. The molecule has 0 aromatic carbocycles. The number of hydrogen-bond donors (Lipinski definition) is 2. The number of ketones is 3. The van der Waals surface area contributed by atoms with Crippen LogP contribution in [0.5, 0.6) is 0 Å². The fraction of sp³-hybridized carbons (Fsp3) is 0.741. The minimum absolute atomic E-state index is 0.00604. The summed E-state index contributed by atoms with van der Waals surface area (Å²) in [5.41, 5.74) is 1.24. The number of aliphatic hydroxyl groups is 2. The van der Waals surface area contributed by atoms with Gasteiger partial charge in [-0.2, -0.15) is 0 Å². The molecule has 0 unspecified atom stereocenters. The molecule has 0 aromatic rings. The van der Waals surface area contributed by atoms with E-state index in [4.69, 9.17) is 33.2 Å². The van der Waals surface area contributed by atoms with E-state index in [1.54, 1.807) is 54.9 Å². The Kier molecular flexibility index (Phi) is 23.1. The number of ether oxygens (including phenoxy) is 7. The zero-order valence-corrected chi connectivity index (χ0v) is 43.6. The lowest BCUT2D eigenvalue weighted by atomic mass is 9.78. The largest absolute Gasteiger partial charge is 0.508 e. The molecular formula is C54H83NO15. The van der Waals surface area contributed by atoms with E-state index >= 15 is 0 Å². The smallest absolute Gasteiger partial charge is 0.460 e. The second kappa shape index (κ2) is 27.7. The quantitative estimate of drug-likeness (QED) is 0.138. The number of fused-ring (bicyclic) bond motifs is 3. The van der Waals surface area contributed by atoms with Crippen molar-refractivity contribution in [1.82, 2.24) is 4.90 Å². The molecule has 1 amide bonds. The molecule has 2 saturated heterocycles. The third kappa shape index (κ3) is 15.7. The summed E-state index contributed by atoms with van der Waals surface area (Å²) in [6.07, 6.45) is 9.88. The zero-order chi connectivity index (χ0) is 51.9. The number of methoxy groups -OCH3 is 3. The first-order chi connectivity index (χ1) is 33.2. The van der Waals surface area contributed by atoms with Crippen molar-refractivity contribution < 1.29 is 72.1 Å². The molecule has 2 N–H and O–H groups in total. The van der Waals surface area contributed by atoms with Crippen LogP contribution in [0, 0.1) is 35.5 Å². The first kappa shape index (κ1) is 58.5. The van der Waals surface area contributed by atoms with Crippen LogP contribution in [0.3, 0.4) is 0 Å². The monoisotopic (exact) mass is 986 g/mol. The van der Waals surface area contributed by atoms with Crippen LogP contribution >= 0.6 is 0 Å². The van der Waals surface area contributed by atoms with Crippen LogP contribution in [0.15, 0.2) is 47.6 Å². The Morgan fingerprint density at radius 2 is 1.60 bits per heavy atom. The molecule has 2 bridgehead atoms. The van der Waals surface area contributed by atoms with Crippen molar-refractivity contribution in [3.05, 3.63) is 47.6 Å². The Morgan fingerprint density at radius 3 is 2.27 bits per heavy atom. The molecule has 0 aromatic heterocycles. The summed E-state index contributed by atoms with van der Waals surface area (Å²) in [4.78, 5) is 84.4. The number of carbonyl (C=O) groups excluding carboxylic acids is 6. The molecule has 1 aliphatic carbocycles. The van der Waals surface area contributed by atoms with Gasteiger partial charge in [0.2, 0.25) is 5.79 Å². The van der Waals surface area contributed by atoms with Crippen molar-refractivity contribution >= 4 is 35.4 Å². The van der Waals surface area contributed by atoms with E-state index in [9.17, 15) is 39.0 Å². The first-order valence-corrected chi connectivity index (χ1v) is 25.5. The molecule has 16 nitrogen and oxygen atoms in total. The van der Waals surface area contributed by atoms with E-state index in [1.807, 2.05) is 51.2 Å². The van der Waals surface area contributed by atoms with Crippen LogP contribution in [-0.4, -0.2) is 140 Å². The highest BCUT2D eigenvalue weighted by atomic mass is 16.7. The van der Waals surface area contributed by atoms with Crippen molar-refractivity contribution in [2.45, 2.75) is 187 Å². The predicted octanol–water partition coefficient (Wildman–Crippen LogP) is 7.36. The third-order valence-electron chi connectivity index (χ3n) is 15.0. The normalized spacial score (nSPS) is 38.2. The molecule has 3 fully saturated rings. The summed E-state index contributed by atoms with van der Waals surface area (Å²) in [5.74, 6) is -8.29. The van der Waals surface area contributed by atoms with Crippen molar-refractivity contribution in [3.8, 4) is 0 Å². The number of hydrogen-bond acceptors (Lipinski definition) is 15. The second-order valence-electron chi connectivity index (χ2n) is 20.4. The Hall–Kier alpha value is -4.06. The van der Waals surface area contributed by atoms with Gasteiger partial charge in [-0.3, -0.25) is 19.2 Å². The fourth-order valence-corrected chi connectivity index (χ4v) is 10.5. The number of piperidine rings is 1. The molecule has 16 heteroatoms. The van der Waals surface area contributed by atoms with Gasteiger partial charge in [-0.15, -0.1) is 0 Å². The Bertz CT molecular complexity index is 1910. The number of amides is 1. The highest BCUT2D eigenvalue weighted by Gasteiger charge is 2.53. The van der Waals surface area contributed by atoms with Gasteiger partial charge < -0.3 is 48.3 Å². The number of nitrogens with zero attached hydrogens (tertiary/aromatic N) is 1. The van der Waals surface area contributed by atoms with E-state index < -0.39 is 102 Å². The topological polar surface area (TPSA) is 211 Å². The van der Waals surface area contributed by atoms with Crippen LogP contribution in [0.1, 0.15) is 132 Å². The van der Waals surface area contributed by atoms with Gasteiger partial charge in [0.05, 0.1) is 24.9 Å². The van der Waals surface area contributed by atoms with Gasteiger partial charge in [-0.05, 0) is 114 Å². The minimum Gasteiger partial charge on any atom is -0.460 e. The van der Waals surface area contributed by atoms with Crippen molar-refractivity contribution in [2.24, 2.45) is 35.5 Å². The van der Waals surface area contributed by atoms with E-state index in [2.05, 4.69) is 0 Å². The number of Topliss-reactive ketones (excluding diaryl/α,β-unsaturated/α-hetero) is 3. The maximum absolute atomic E-state index is 14.5. The molecule has 4 rings (SSSR count). The van der Waals surface area contributed by atoms with Gasteiger partial charge in [0.25, 0.3) is 11.7 Å². The molecule has 3 heterocycles. The first-order valence-electron chi connectivity index (χ1n) is 25.5. The Labute approximate surface area is 415 Å². The number of aliphatic hydroxyl groups excluding tert-OH is 1. The average Bonchev–Trinajstić information content (AvgIpc) is 3.33. The molecule has 0 spiro atoms. The second-order valence-corrected chi connectivity index (χ2v) is 20.4. The zero-order valence-electron chi connectivity index (χ0n) is 43.6. The lowest BCUT2D eigenvalue weighted by molar-refractivity contribution is -0.265. The number of carbonyl (C=O) groups is 6. The van der Waals surface area contributed by atoms with Crippen LogP contribution in [0.2, 0.25) is 0 Å². The number of allylic oxidation sites excluding steroid dienone is 6. The fourth-order valence-electron chi connectivity index (χ4n) is 10.5. The van der Waals surface area contributed by atoms with Gasteiger partial charge in [0.15, 0.2) is 5.78 Å². The van der Waals surface area contributed by atoms with Crippen LogP contribution in [0.4, 0.5) is 4.79 Å². The molecule has 394 valence electrons. The molecule has 70 heavy (non-hydrogen) atoms. The van der Waals surface area contributed by atoms with E-state index in [1.165, 1.54) is 12.0 Å². The maximum atomic E-state index is 14.5. The van der Waals surface area contributed by atoms with Crippen molar-refractivity contribution in [3.63, 3.8) is 0 Å². The minimum atomic E-state index is -2.45. The van der Waals surface area contributed by atoms with E-state index in [0.717, 1.165) is 5.57 Å². The van der Waals surface area contributed by atoms with Gasteiger partial charge >= 0.3 is 12.1 Å². The molecule has 4 aliphatic rings. The lowest BCUT2D eigenvalue weighted by Gasteiger charge is -2.42. The Morgan fingerprint density at radius 1 is 0.871 bits per heavy atom. The number of rotatable bonds is 8. The third-order valence-corrected chi connectivity index (χ3v) is 15.0. The van der Waals surface area contributed by atoms with E-state index in [0.29, 0.717) is 69.8 Å². The van der Waals surface area contributed by atoms with Gasteiger partial charge in [-0.25, -0.2) is 9.59 Å². The molecular weight excluding hydrogens is 903 g/mol. The van der Waals surface area contributed by atoms with Crippen molar-refractivity contribution in [1.29, 1.82) is 0 Å². The highest BCUT2D eigenvalue weighted by molar-refractivity contribution is 6.39. The van der Waals surface area contributed by atoms with Crippen LogP contribution < -0.4 is 0 Å². The highest BCUT2D eigenvalue weighted by Crippen LogP contribution is 2.38. The standard InChI is InChI=1S/C54H83NO15/c1-12-67-53(62)69-43-24-22-39(29-46(43)65-10)28-35(5)45-31-42(56)34(4)27-37(7)48(58)49(66-11)47(57)36(6)26-32(2)18-14-13-15-19-33(3)44(64-9)30-40-23-21-38(8)54(63,70-40)50(59)51(60)55-25-17-16-20-41(55)52(61)68-45/h13-15,18-19,27,32,34-36,38-41,43-46,48-49,58,63H,12,16-17,20-26,28-31H2,1-11H3/b15-13+,18-14+,33-19+,37-27+/t32-,34-,35-,36-,38-,39+,40+,41+,43-,44+,45+,46-,48-,49+,54-/m1/s1. The van der Waals surface area contributed by atoms with Crippen LogP contribution in [0.25, 0.3) is 0 Å².